The molecule has 0 fully saturated rings. The van der Waals surface area contributed by atoms with E-state index in [4.69, 9.17) is 17.2 Å². The molecule has 0 aliphatic heterocycles. The number of hydrogen-bond acceptors (Lipinski definition) is 8. The van der Waals surface area contributed by atoms with E-state index in [0.717, 1.165) is 0 Å². The van der Waals surface area contributed by atoms with Gasteiger partial charge in [0.15, 0.2) is 16.3 Å². The van der Waals surface area contributed by atoms with Gasteiger partial charge in [-0.2, -0.15) is 0 Å². The first-order chi connectivity index (χ1) is 7.35. The van der Waals surface area contributed by atoms with Crippen molar-refractivity contribution in [3.05, 3.63) is 0 Å². The molecule has 0 aromatic heterocycles. The summed E-state index contributed by atoms with van der Waals surface area (Å²) < 4.78 is -2.40. The van der Waals surface area contributed by atoms with Crippen molar-refractivity contribution in [2.75, 3.05) is 19.6 Å². The van der Waals surface area contributed by atoms with Crippen molar-refractivity contribution in [3.8, 4) is 0 Å². The van der Waals surface area contributed by atoms with Gasteiger partial charge in [0.1, 0.15) is 0 Å². The molecule has 0 heterocycles. The minimum atomic E-state index is -2.40. The van der Waals surface area contributed by atoms with Crippen LogP contribution in [-0.4, -0.2) is 47.5 Å². The fourth-order valence-electron chi connectivity index (χ4n) is 0.999. The molecular formula is C8H13N3O4S. The highest BCUT2D eigenvalue weighted by Crippen LogP contribution is 2.19. The second-order valence-electron chi connectivity index (χ2n) is 2.92. The van der Waals surface area contributed by atoms with Crippen molar-refractivity contribution in [2.45, 2.75) is 4.75 Å². The molecule has 8 heteroatoms. The van der Waals surface area contributed by atoms with Gasteiger partial charge in [0, 0.05) is 0 Å². The fourth-order valence-corrected chi connectivity index (χ4v) is 1.31. The number of nitrogens with two attached hydrogens (primary N) is 3. The monoisotopic (exact) mass is 247 g/mol. The van der Waals surface area contributed by atoms with Crippen LogP contribution in [0.5, 0.6) is 0 Å². The average Bonchev–Trinajstić information content (AvgIpc) is 2.33. The van der Waals surface area contributed by atoms with Crippen LogP contribution in [0.15, 0.2) is 0 Å². The zero-order valence-electron chi connectivity index (χ0n) is 8.43. The molecule has 0 atom stereocenters. The van der Waals surface area contributed by atoms with Crippen LogP contribution in [0.4, 0.5) is 0 Å². The van der Waals surface area contributed by atoms with E-state index in [2.05, 4.69) is 12.6 Å². The van der Waals surface area contributed by atoms with Crippen LogP contribution < -0.4 is 17.2 Å². The third kappa shape index (κ3) is 2.53. The lowest BCUT2D eigenvalue weighted by molar-refractivity contribution is -0.143. The molecule has 0 saturated heterocycles. The summed E-state index contributed by atoms with van der Waals surface area (Å²) in [6, 6.07) is 0. The number of Topliss-reactive ketones (excluding diaryl/α,β-unsaturated/α-hetero) is 4. The lowest BCUT2D eigenvalue weighted by Gasteiger charge is -2.21. The SMILES string of the molecule is NCC(=O)C(=O)C(S)(C(=O)CN)C(=O)CN. The van der Waals surface area contributed by atoms with Crippen molar-refractivity contribution < 1.29 is 19.2 Å². The summed E-state index contributed by atoms with van der Waals surface area (Å²) in [4.78, 5) is 45.4. The van der Waals surface area contributed by atoms with Gasteiger partial charge in [-0.25, -0.2) is 0 Å². The van der Waals surface area contributed by atoms with Crippen molar-refractivity contribution in [2.24, 2.45) is 17.2 Å². The van der Waals surface area contributed by atoms with Crippen LogP contribution in [0, 0.1) is 0 Å². The van der Waals surface area contributed by atoms with Crippen molar-refractivity contribution in [3.63, 3.8) is 0 Å². The van der Waals surface area contributed by atoms with E-state index in [1.54, 1.807) is 0 Å². The number of rotatable bonds is 7. The average molecular weight is 247 g/mol. The third-order valence-corrected chi connectivity index (χ3v) is 2.65. The Hall–Kier alpha value is -1.09. The number of hydrogen-bond donors (Lipinski definition) is 4. The first-order valence-corrected chi connectivity index (χ1v) is 4.77. The van der Waals surface area contributed by atoms with Gasteiger partial charge in [-0.1, -0.05) is 0 Å². The smallest absolute Gasteiger partial charge is 0.230 e. The molecule has 0 aromatic carbocycles. The summed E-state index contributed by atoms with van der Waals surface area (Å²) in [5, 5.41) is 0. The van der Waals surface area contributed by atoms with Gasteiger partial charge < -0.3 is 17.2 Å². The van der Waals surface area contributed by atoms with Gasteiger partial charge in [-0.05, 0) is 0 Å². The minimum Gasteiger partial charge on any atom is -0.324 e. The van der Waals surface area contributed by atoms with Gasteiger partial charge in [-0.15, -0.1) is 12.6 Å². The van der Waals surface area contributed by atoms with Crippen LogP contribution in [-0.2, 0) is 19.2 Å². The molecule has 6 N–H and O–H groups in total. The Balaban J connectivity index is 5.41. The Kier molecular flexibility index (Phi) is 5.45. The molecule has 90 valence electrons. The maximum atomic E-state index is 11.5. The molecule has 7 nitrogen and oxygen atoms in total. The summed E-state index contributed by atoms with van der Waals surface area (Å²) in [6.07, 6.45) is 0. The Labute approximate surface area is 97.1 Å². The van der Waals surface area contributed by atoms with Gasteiger partial charge in [0.25, 0.3) is 0 Å². The van der Waals surface area contributed by atoms with Crippen LogP contribution in [0.1, 0.15) is 0 Å². The quantitative estimate of drug-likeness (QED) is 0.210. The van der Waals surface area contributed by atoms with E-state index in [1.165, 1.54) is 0 Å². The van der Waals surface area contributed by atoms with E-state index in [1.807, 2.05) is 0 Å². The van der Waals surface area contributed by atoms with Crippen LogP contribution in [0.3, 0.4) is 0 Å². The second kappa shape index (κ2) is 5.85. The van der Waals surface area contributed by atoms with Crippen molar-refractivity contribution in [1.82, 2.24) is 0 Å². The summed E-state index contributed by atoms with van der Waals surface area (Å²) in [6.45, 7) is -1.81. The predicted molar refractivity (Wildman–Crippen MR) is 58.9 cm³/mol. The third-order valence-electron chi connectivity index (χ3n) is 1.95. The first kappa shape index (κ1) is 14.9. The molecule has 0 bridgehead atoms. The van der Waals surface area contributed by atoms with E-state index < -0.39 is 47.5 Å². The molecule has 0 rings (SSSR count). The van der Waals surface area contributed by atoms with E-state index in [9.17, 15) is 19.2 Å². The Bertz CT molecular complexity index is 326. The zero-order valence-corrected chi connectivity index (χ0v) is 9.33. The highest BCUT2D eigenvalue weighted by molar-refractivity contribution is 7.85. The zero-order chi connectivity index (χ0) is 12.9. The Morgan fingerprint density at radius 2 is 1.25 bits per heavy atom. The Morgan fingerprint density at radius 1 is 0.875 bits per heavy atom. The van der Waals surface area contributed by atoms with Gasteiger partial charge in [0.05, 0.1) is 19.6 Å². The number of thiol groups is 1. The molecular weight excluding hydrogens is 234 g/mol. The second-order valence-corrected chi connectivity index (χ2v) is 3.59. The maximum Gasteiger partial charge on any atom is 0.230 e. The van der Waals surface area contributed by atoms with Gasteiger partial charge >= 0.3 is 0 Å². The molecule has 0 unspecified atom stereocenters. The van der Waals surface area contributed by atoms with Crippen LogP contribution in [0.25, 0.3) is 0 Å². The molecule has 0 radical (unpaired) electrons. The lowest BCUT2D eigenvalue weighted by Crippen LogP contribution is -2.56. The topological polar surface area (TPSA) is 146 Å². The highest BCUT2D eigenvalue weighted by atomic mass is 32.1. The molecule has 0 aliphatic carbocycles. The summed E-state index contributed by atoms with van der Waals surface area (Å²) in [5.74, 6) is -4.31. The van der Waals surface area contributed by atoms with E-state index in [0.29, 0.717) is 0 Å². The molecule has 0 amide bonds. The van der Waals surface area contributed by atoms with Crippen LogP contribution in [0.2, 0.25) is 0 Å². The number of ketones is 4. The molecule has 0 aromatic rings. The summed E-state index contributed by atoms with van der Waals surface area (Å²) in [7, 11) is 0. The summed E-state index contributed by atoms with van der Waals surface area (Å²) in [5.41, 5.74) is 15.1. The molecule has 16 heavy (non-hydrogen) atoms. The largest absolute Gasteiger partial charge is 0.324 e. The predicted octanol–water partition coefficient (Wildman–Crippen LogP) is -3.19. The normalized spacial score (nSPS) is 11.0. The number of carbonyl (C=O) groups excluding carboxylic acids is 4. The number of carbonyl (C=O) groups is 4. The molecule has 0 spiro atoms. The molecule has 0 saturated carbocycles. The van der Waals surface area contributed by atoms with Crippen molar-refractivity contribution >= 4 is 35.8 Å². The Morgan fingerprint density at radius 3 is 1.50 bits per heavy atom. The fraction of sp³-hybridized carbons (Fsp3) is 0.500. The highest BCUT2D eigenvalue weighted by Gasteiger charge is 2.49. The lowest BCUT2D eigenvalue weighted by atomic mass is 9.90. The van der Waals surface area contributed by atoms with Crippen molar-refractivity contribution in [1.29, 1.82) is 0 Å². The van der Waals surface area contributed by atoms with Gasteiger partial charge in [-0.3, -0.25) is 19.2 Å². The van der Waals surface area contributed by atoms with E-state index >= 15 is 0 Å². The van der Waals surface area contributed by atoms with Gasteiger partial charge in [0.2, 0.25) is 11.6 Å². The minimum absolute atomic E-state index is 0.598. The standard InChI is InChI=1S/C8H13N3O4S/c9-1-4(12)7(15)8(16,5(13)2-10)6(14)3-11/h16H,1-3,9-11H2. The molecule has 0 aliphatic rings. The maximum absolute atomic E-state index is 11.5. The first-order valence-electron chi connectivity index (χ1n) is 4.33. The van der Waals surface area contributed by atoms with Crippen LogP contribution >= 0.6 is 12.6 Å². The van der Waals surface area contributed by atoms with E-state index in [-0.39, 0.29) is 0 Å². The summed E-state index contributed by atoms with van der Waals surface area (Å²) >= 11 is 3.67.